The van der Waals surface area contributed by atoms with Crippen LogP contribution in [0.15, 0.2) is 48.7 Å². The average Bonchev–Trinajstić information content (AvgIpc) is 2.81. The summed E-state index contributed by atoms with van der Waals surface area (Å²) in [5, 5.41) is 5.50. The highest BCUT2D eigenvalue weighted by Gasteiger charge is 2.04. The van der Waals surface area contributed by atoms with E-state index in [-0.39, 0.29) is 0 Å². The van der Waals surface area contributed by atoms with Crippen LogP contribution in [0, 0.1) is 0 Å². The summed E-state index contributed by atoms with van der Waals surface area (Å²) in [6, 6.07) is 13.8. The molecule has 96 valence electrons. The van der Waals surface area contributed by atoms with Crippen molar-refractivity contribution < 1.29 is 4.74 Å². The minimum atomic E-state index is 0.699. The first kappa shape index (κ1) is 11.6. The van der Waals surface area contributed by atoms with Crippen LogP contribution in [0.2, 0.25) is 0 Å². The SMILES string of the molecule is COc1cccc(Cn2ncc3ccc(N)cc32)c1. The lowest BCUT2D eigenvalue weighted by Gasteiger charge is -2.06. The molecule has 1 heterocycles. The minimum Gasteiger partial charge on any atom is -0.497 e. The summed E-state index contributed by atoms with van der Waals surface area (Å²) in [5.41, 5.74) is 8.77. The lowest BCUT2D eigenvalue weighted by atomic mass is 10.2. The summed E-state index contributed by atoms with van der Waals surface area (Å²) in [6.07, 6.45) is 1.86. The monoisotopic (exact) mass is 253 g/mol. The van der Waals surface area contributed by atoms with Gasteiger partial charge in [-0.2, -0.15) is 5.10 Å². The molecule has 19 heavy (non-hydrogen) atoms. The Bertz CT molecular complexity index is 718. The van der Waals surface area contributed by atoms with Crippen LogP contribution in [0.4, 0.5) is 5.69 Å². The summed E-state index contributed by atoms with van der Waals surface area (Å²) in [5.74, 6) is 0.855. The van der Waals surface area contributed by atoms with E-state index in [1.54, 1.807) is 7.11 Å². The lowest BCUT2D eigenvalue weighted by molar-refractivity contribution is 0.414. The van der Waals surface area contributed by atoms with Gasteiger partial charge in [0.25, 0.3) is 0 Å². The van der Waals surface area contributed by atoms with E-state index in [0.717, 1.165) is 27.9 Å². The molecule has 0 aliphatic heterocycles. The van der Waals surface area contributed by atoms with Crippen LogP contribution in [0.1, 0.15) is 5.56 Å². The molecule has 0 fully saturated rings. The van der Waals surface area contributed by atoms with Gasteiger partial charge >= 0.3 is 0 Å². The Labute approximate surface area is 111 Å². The fraction of sp³-hybridized carbons (Fsp3) is 0.133. The maximum Gasteiger partial charge on any atom is 0.119 e. The maximum absolute atomic E-state index is 5.83. The van der Waals surface area contributed by atoms with Crippen LogP contribution in [0.5, 0.6) is 5.75 Å². The predicted octanol–water partition coefficient (Wildman–Crippen LogP) is 2.68. The maximum atomic E-state index is 5.83. The van der Waals surface area contributed by atoms with Crippen molar-refractivity contribution in [3.05, 3.63) is 54.2 Å². The van der Waals surface area contributed by atoms with Crippen molar-refractivity contribution in [3.63, 3.8) is 0 Å². The molecule has 0 amide bonds. The number of nitrogens with two attached hydrogens (primary N) is 1. The second-order valence-corrected chi connectivity index (χ2v) is 4.47. The van der Waals surface area contributed by atoms with Gasteiger partial charge in [-0.3, -0.25) is 4.68 Å². The number of benzene rings is 2. The number of methoxy groups -OCH3 is 1. The number of nitrogens with zero attached hydrogens (tertiary/aromatic N) is 2. The Hall–Kier alpha value is -2.49. The molecule has 0 aliphatic rings. The highest BCUT2D eigenvalue weighted by molar-refractivity contribution is 5.81. The van der Waals surface area contributed by atoms with Gasteiger partial charge in [-0.1, -0.05) is 12.1 Å². The summed E-state index contributed by atoms with van der Waals surface area (Å²) in [4.78, 5) is 0. The molecule has 0 spiro atoms. The molecule has 3 aromatic rings. The first-order valence-corrected chi connectivity index (χ1v) is 6.10. The normalized spacial score (nSPS) is 10.8. The number of hydrogen-bond donors (Lipinski definition) is 1. The molecule has 4 heteroatoms. The van der Waals surface area contributed by atoms with Crippen LogP contribution in [0.25, 0.3) is 10.9 Å². The number of anilines is 1. The average molecular weight is 253 g/mol. The van der Waals surface area contributed by atoms with Gasteiger partial charge < -0.3 is 10.5 Å². The summed E-state index contributed by atoms with van der Waals surface area (Å²) < 4.78 is 7.18. The Balaban J connectivity index is 1.98. The van der Waals surface area contributed by atoms with Crippen molar-refractivity contribution in [1.82, 2.24) is 9.78 Å². The molecule has 0 atom stereocenters. The second kappa shape index (κ2) is 4.65. The molecular weight excluding hydrogens is 238 g/mol. The third kappa shape index (κ3) is 2.25. The fourth-order valence-corrected chi connectivity index (χ4v) is 2.16. The first-order chi connectivity index (χ1) is 9.26. The molecule has 0 saturated carbocycles. The largest absolute Gasteiger partial charge is 0.497 e. The molecule has 0 aliphatic carbocycles. The van der Waals surface area contributed by atoms with E-state index in [4.69, 9.17) is 10.5 Å². The van der Waals surface area contributed by atoms with Crippen molar-refractivity contribution in [2.24, 2.45) is 0 Å². The molecule has 2 aromatic carbocycles. The van der Waals surface area contributed by atoms with Gasteiger partial charge in [-0.25, -0.2) is 0 Å². The third-order valence-corrected chi connectivity index (χ3v) is 3.14. The summed E-state index contributed by atoms with van der Waals surface area (Å²) in [6.45, 7) is 0.699. The first-order valence-electron chi connectivity index (χ1n) is 6.10. The lowest BCUT2D eigenvalue weighted by Crippen LogP contribution is -2.01. The van der Waals surface area contributed by atoms with Crippen LogP contribution in [-0.2, 0) is 6.54 Å². The Morgan fingerprint density at radius 3 is 2.95 bits per heavy atom. The number of ether oxygens (including phenoxy) is 1. The van der Waals surface area contributed by atoms with Gasteiger partial charge in [0, 0.05) is 11.1 Å². The topological polar surface area (TPSA) is 53.1 Å². The quantitative estimate of drug-likeness (QED) is 0.730. The molecular formula is C15H15N3O. The number of rotatable bonds is 3. The summed E-state index contributed by atoms with van der Waals surface area (Å²) >= 11 is 0. The third-order valence-electron chi connectivity index (χ3n) is 3.14. The van der Waals surface area contributed by atoms with Gasteiger partial charge in [0.2, 0.25) is 0 Å². The van der Waals surface area contributed by atoms with Crippen molar-refractivity contribution in [2.45, 2.75) is 6.54 Å². The highest BCUT2D eigenvalue weighted by Crippen LogP contribution is 2.19. The minimum absolute atomic E-state index is 0.699. The van der Waals surface area contributed by atoms with Crippen molar-refractivity contribution in [2.75, 3.05) is 12.8 Å². The van der Waals surface area contributed by atoms with E-state index in [1.165, 1.54) is 0 Å². The zero-order valence-electron chi connectivity index (χ0n) is 10.7. The Morgan fingerprint density at radius 2 is 2.11 bits per heavy atom. The molecule has 0 bridgehead atoms. The van der Waals surface area contributed by atoms with Crippen LogP contribution < -0.4 is 10.5 Å². The number of fused-ring (bicyclic) bond motifs is 1. The zero-order chi connectivity index (χ0) is 13.2. The van der Waals surface area contributed by atoms with E-state index >= 15 is 0 Å². The molecule has 4 nitrogen and oxygen atoms in total. The van der Waals surface area contributed by atoms with Crippen LogP contribution in [0.3, 0.4) is 0 Å². The highest BCUT2D eigenvalue weighted by atomic mass is 16.5. The van der Waals surface area contributed by atoms with Crippen molar-refractivity contribution in [1.29, 1.82) is 0 Å². The van der Waals surface area contributed by atoms with Gasteiger partial charge in [-0.05, 0) is 35.9 Å². The smallest absolute Gasteiger partial charge is 0.119 e. The Kier molecular flexibility index (Phi) is 2.83. The van der Waals surface area contributed by atoms with Crippen LogP contribution in [-0.4, -0.2) is 16.9 Å². The van der Waals surface area contributed by atoms with E-state index in [1.807, 2.05) is 47.3 Å². The van der Waals surface area contributed by atoms with Gasteiger partial charge in [-0.15, -0.1) is 0 Å². The van der Waals surface area contributed by atoms with Crippen molar-refractivity contribution >= 4 is 16.6 Å². The summed E-state index contributed by atoms with van der Waals surface area (Å²) in [7, 11) is 1.67. The van der Waals surface area contributed by atoms with Crippen molar-refractivity contribution in [3.8, 4) is 5.75 Å². The van der Waals surface area contributed by atoms with Gasteiger partial charge in [0.05, 0.1) is 25.4 Å². The fourth-order valence-electron chi connectivity index (χ4n) is 2.16. The van der Waals surface area contributed by atoms with E-state index < -0.39 is 0 Å². The standard InChI is InChI=1S/C15H15N3O/c1-19-14-4-2-3-11(7-14)10-18-15-8-13(16)6-5-12(15)9-17-18/h2-9H,10,16H2,1H3. The second-order valence-electron chi connectivity index (χ2n) is 4.47. The number of nitrogen functional groups attached to an aromatic ring is 1. The van der Waals surface area contributed by atoms with Gasteiger partial charge in [0.1, 0.15) is 5.75 Å². The zero-order valence-corrected chi connectivity index (χ0v) is 10.7. The number of hydrogen-bond acceptors (Lipinski definition) is 3. The molecule has 2 N–H and O–H groups in total. The molecule has 0 radical (unpaired) electrons. The number of aromatic nitrogens is 2. The van der Waals surface area contributed by atoms with Gasteiger partial charge in [0.15, 0.2) is 0 Å². The van der Waals surface area contributed by atoms with E-state index in [2.05, 4.69) is 11.2 Å². The molecule has 3 rings (SSSR count). The molecule has 1 aromatic heterocycles. The predicted molar refractivity (Wildman–Crippen MR) is 76.2 cm³/mol. The molecule has 0 unspecified atom stereocenters. The van der Waals surface area contributed by atoms with E-state index in [9.17, 15) is 0 Å². The van der Waals surface area contributed by atoms with E-state index in [0.29, 0.717) is 6.54 Å². The molecule has 0 saturated heterocycles. The Morgan fingerprint density at radius 1 is 1.21 bits per heavy atom. The van der Waals surface area contributed by atoms with Crippen LogP contribution >= 0.6 is 0 Å².